The van der Waals surface area contributed by atoms with E-state index in [0.717, 1.165) is 27.8 Å². The van der Waals surface area contributed by atoms with Crippen molar-refractivity contribution in [2.75, 3.05) is 0 Å². The molecule has 0 bridgehead atoms. The fourth-order valence-electron chi connectivity index (χ4n) is 2.65. The third-order valence-corrected chi connectivity index (χ3v) is 4.22. The van der Waals surface area contributed by atoms with Crippen molar-refractivity contribution in [3.63, 3.8) is 0 Å². The number of aromatic amines is 1. The second kappa shape index (κ2) is 4.85. The van der Waals surface area contributed by atoms with Crippen LogP contribution in [0, 0.1) is 0 Å². The minimum absolute atomic E-state index is 0.454. The van der Waals surface area contributed by atoms with Crippen molar-refractivity contribution >= 4 is 28.2 Å². The average Bonchev–Trinajstić information content (AvgIpc) is 3.11. The number of H-pyrrole nitrogens is 1. The lowest BCUT2D eigenvalue weighted by Crippen LogP contribution is -1.91. The van der Waals surface area contributed by atoms with E-state index in [1.807, 2.05) is 22.9 Å². The topological polar surface area (TPSA) is 46.0 Å². The Kier molecular flexibility index (Phi) is 2.94. The van der Waals surface area contributed by atoms with Crippen LogP contribution in [0.5, 0.6) is 0 Å². The predicted octanol–water partition coefficient (Wildman–Crippen LogP) is 4.65. The predicted molar refractivity (Wildman–Crippen MR) is 89.4 cm³/mol. The summed E-state index contributed by atoms with van der Waals surface area (Å²) in [6, 6.07) is 6.21. The molecule has 0 aliphatic carbocycles. The van der Waals surface area contributed by atoms with E-state index in [1.54, 1.807) is 12.4 Å². The second-order valence-electron chi connectivity index (χ2n) is 5.76. The van der Waals surface area contributed by atoms with E-state index in [2.05, 4.69) is 40.9 Å². The van der Waals surface area contributed by atoms with Gasteiger partial charge in [-0.3, -0.25) is 4.98 Å². The van der Waals surface area contributed by atoms with Crippen LogP contribution in [0.1, 0.15) is 25.5 Å². The molecule has 0 unspecified atom stereocenters. The van der Waals surface area contributed by atoms with E-state index in [-0.39, 0.29) is 0 Å². The number of nitrogens with zero attached hydrogens (tertiary/aromatic N) is 3. The number of nitrogens with one attached hydrogen (secondary N) is 1. The SMILES string of the molecule is CC(C)c1cc2cc(Cl)c(-c3cn4ccnc4cn3)cc2[nH]1. The zero-order valence-corrected chi connectivity index (χ0v) is 13.1. The summed E-state index contributed by atoms with van der Waals surface area (Å²) in [7, 11) is 0. The van der Waals surface area contributed by atoms with Crippen LogP contribution in [-0.4, -0.2) is 19.4 Å². The zero-order valence-electron chi connectivity index (χ0n) is 12.3. The highest BCUT2D eigenvalue weighted by molar-refractivity contribution is 6.34. The van der Waals surface area contributed by atoms with Crippen LogP contribution in [-0.2, 0) is 0 Å². The Balaban J connectivity index is 1.91. The van der Waals surface area contributed by atoms with E-state index in [1.165, 1.54) is 5.69 Å². The second-order valence-corrected chi connectivity index (χ2v) is 6.17. The Labute approximate surface area is 132 Å². The molecular formula is C17H15ClN4. The van der Waals surface area contributed by atoms with Crippen molar-refractivity contribution in [1.29, 1.82) is 0 Å². The number of imidazole rings is 1. The van der Waals surface area contributed by atoms with E-state index in [0.29, 0.717) is 10.9 Å². The van der Waals surface area contributed by atoms with Gasteiger partial charge in [0.15, 0.2) is 5.65 Å². The first kappa shape index (κ1) is 13.3. The molecule has 4 aromatic rings. The molecule has 3 aromatic heterocycles. The highest BCUT2D eigenvalue weighted by Crippen LogP contribution is 2.32. The molecule has 3 heterocycles. The van der Waals surface area contributed by atoms with Crippen LogP contribution in [0.25, 0.3) is 27.8 Å². The molecule has 0 saturated heterocycles. The van der Waals surface area contributed by atoms with Crippen LogP contribution in [0.3, 0.4) is 0 Å². The fraction of sp³-hybridized carbons (Fsp3) is 0.176. The van der Waals surface area contributed by atoms with Gasteiger partial charge in [0, 0.05) is 40.8 Å². The van der Waals surface area contributed by atoms with Gasteiger partial charge in [0.2, 0.25) is 0 Å². The molecule has 0 aliphatic rings. The van der Waals surface area contributed by atoms with Gasteiger partial charge in [-0.2, -0.15) is 0 Å². The molecule has 0 amide bonds. The number of hydrogen-bond donors (Lipinski definition) is 1. The summed E-state index contributed by atoms with van der Waals surface area (Å²) < 4.78 is 1.94. The molecule has 4 rings (SSSR count). The van der Waals surface area contributed by atoms with Gasteiger partial charge in [-0.05, 0) is 24.1 Å². The minimum atomic E-state index is 0.454. The lowest BCUT2D eigenvalue weighted by molar-refractivity contribution is 0.836. The number of halogens is 1. The third-order valence-electron chi connectivity index (χ3n) is 3.91. The van der Waals surface area contributed by atoms with Crippen LogP contribution in [0.4, 0.5) is 0 Å². The monoisotopic (exact) mass is 310 g/mol. The maximum Gasteiger partial charge on any atom is 0.155 e. The number of fused-ring (bicyclic) bond motifs is 2. The Bertz CT molecular complexity index is 981. The van der Waals surface area contributed by atoms with Crippen molar-refractivity contribution in [2.24, 2.45) is 0 Å². The van der Waals surface area contributed by atoms with Crippen LogP contribution in [0.2, 0.25) is 5.02 Å². The largest absolute Gasteiger partial charge is 0.358 e. The molecular weight excluding hydrogens is 296 g/mol. The molecule has 0 radical (unpaired) electrons. The molecule has 110 valence electrons. The van der Waals surface area contributed by atoms with Crippen LogP contribution < -0.4 is 0 Å². The minimum Gasteiger partial charge on any atom is -0.358 e. The van der Waals surface area contributed by atoms with E-state index in [9.17, 15) is 0 Å². The van der Waals surface area contributed by atoms with Crippen molar-refractivity contribution in [3.05, 3.63) is 53.7 Å². The molecule has 22 heavy (non-hydrogen) atoms. The maximum atomic E-state index is 6.47. The van der Waals surface area contributed by atoms with E-state index in [4.69, 9.17) is 11.6 Å². The van der Waals surface area contributed by atoms with Crippen LogP contribution in [0.15, 0.2) is 43.0 Å². The van der Waals surface area contributed by atoms with Gasteiger partial charge in [0.1, 0.15) is 0 Å². The van der Waals surface area contributed by atoms with Gasteiger partial charge in [-0.25, -0.2) is 4.98 Å². The summed E-state index contributed by atoms with van der Waals surface area (Å²) in [5.74, 6) is 0.454. The highest BCUT2D eigenvalue weighted by atomic mass is 35.5. The van der Waals surface area contributed by atoms with Gasteiger partial charge < -0.3 is 9.38 Å². The third kappa shape index (κ3) is 2.07. The van der Waals surface area contributed by atoms with Crippen LogP contribution >= 0.6 is 11.6 Å². The molecule has 0 spiro atoms. The first-order valence-corrected chi connectivity index (χ1v) is 7.61. The van der Waals surface area contributed by atoms with Crippen molar-refractivity contribution < 1.29 is 0 Å². The molecule has 1 aromatic carbocycles. The quantitative estimate of drug-likeness (QED) is 0.585. The first-order valence-electron chi connectivity index (χ1n) is 7.23. The molecule has 0 atom stereocenters. The average molecular weight is 311 g/mol. The maximum absolute atomic E-state index is 6.47. The van der Waals surface area contributed by atoms with E-state index < -0.39 is 0 Å². The van der Waals surface area contributed by atoms with E-state index >= 15 is 0 Å². The normalized spacial score (nSPS) is 11.8. The molecule has 1 N–H and O–H groups in total. The molecule has 0 fully saturated rings. The summed E-state index contributed by atoms with van der Waals surface area (Å²) in [5, 5.41) is 1.83. The van der Waals surface area contributed by atoms with Gasteiger partial charge >= 0.3 is 0 Å². The summed E-state index contributed by atoms with van der Waals surface area (Å²) in [5.41, 5.74) is 4.86. The van der Waals surface area contributed by atoms with Crippen molar-refractivity contribution in [3.8, 4) is 11.3 Å². The summed E-state index contributed by atoms with van der Waals surface area (Å²) in [6.45, 7) is 4.34. The number of aromatic nitrogens is 4. The standard InChI is InChI=1S/C17H15ClN4/c1-10(2)14-6-11-5-13(18)12(7-15(11)21-14)16-9-22-4-3-19-17(22)8-20-16/h3-10,21H,1-2H3. The Morgan fingerprint density at radius 3 is 2.86 bits per heavy atom. The zero-order chi connectivity index (χ0) is 15.3. The van der Waals surface area contributed by atoms with Gasteiger partial charge in [0.05, 0.1) is 16.9 Å². The fourth-order valence-corrected chi connectivity index (χ4v) is 2.92. The molecule has 0 aliphatic heterocycles. The molecule has 4 nitrogen and oxygen atoms in total. The Morgan fingerprint density at radius 1 is 1.18 bits per heavy atom. The van der Waals surface area contributed by atoms with Gasteiger partial charge in [0.25, 0.3) is 0 Å². The summed E-state index contributed by atoms with van der Waals surface area (Å²) in [6.07, 6.45) is 7.36. The number of hydrogen-bond acceptors (Lipinski definition) is 2. The van der Waals surface area contributed by atoms with Gasteiger partial charge in [-0.15, -0.1) is 0 Å². The highest BCUT2D eigenvalue weighted by Gasteiger charge is 2.11. The summed E-state index contributed by atoms with van der Waals surface area (Å²) >= 11 is 6.47. The first-order chi connectivity index (χ1) is 10.6. The molecule has 5 heteroatoms. The van der Waals surface area contributed by atoms with Crippen molar-refractivity contribution in [1.82, 2.24) is 19.4 Å². The lowest BCUT2D eigenvalue weighted by atomic mass is 10.1. The Hall–Kier alpha value is -2.33. The van der Waals surface area contributed by atoms with Gasteiger partial charge in [-0.1, -0.05) is 25.4 Å². The number of rotatable bonds is 2. The Morgan fingerprint density at radius 2 is 2.05 bits per heavy atom. The van der Waals surface area contributed by atoms with Crippen molar-refractivity contribution in [2.45, 2.75) is 19.8 Å². The number of benzene rings is 1. The summed E-state index contributed by atoms with van der Waals surface area (Å²) in [4.78, 5) is 12.1. The lowest BCUT2D eigenvalue weighted by Gasteiger charge is -2.05. The smallest absolute Gasteiger partial charge is 0.155 e. The molecule has 0 saturated carbocycles.